The maximum absolute atomic E-state index is 11.4. The smallest absolute Gasteiger partial charge is 0.337 e. The van der Waals surface area contributed by atoms with Crippen LogP contribution in [0.15, 0.2) is 24.3 Å². The fraction of sp³-hybridized carbons (Fsp3) is 0.533. The second kappa shape index (κ2) is 5.72. The molecule has 1 aliphatic heterocycles. The van der Waals surface area contributed by atoms with Crippen molar-refractivity contribution in [3.63, 3.8) is 0 Å². The summed E-state index contributed by atoms with van der Waals surface area (Å²) in [5.74, 6) is -0.293. The molecular weight excluding hydrogens is 242 g/mol. The minimum Gasteiger partial charge on any atom is -0.465 e. The second-order valence-corrected chi connectivity index (χ2v) is 5.51. The predicted octanol–water partition coefficient (Wildman–Crippen LogP) is 2.08. The van der Waals surface area contributed by atoms with Crippen LogP contribution in [0.4, 0.5) is 0 Å². The molecule has 0 aliphatic carbocycles. The fourth-order valence-electron chi connectivity index (χ4n) is 2.37. The Kier molecular flexibility index (Phi) is 4.22. The molecule has 0 amide bonds. The molecule has 1 aromatic carbocycles. The number of benzene rings is 1. The van der Waals surface area contributed by atoms with E-state index in [1.807, 2.05) is 24.3 Å². The summed E-state index contributed by atoms with van der Waals surface area (Å²) in [5, 5.41) is 0. The van der Waals surface area contributed by atoms with Gasteiger partial charge in [0.2, 0.25) is 0 Å². The Morgan fingerprint density at radius 3 is 2.63 bits per heavy atom. The molecule has 1 aromatic rings. The monoisotopic (exact) mass is 263 g/mol. The quantitative estimate of drug-likeness (QED) is 0.783. The minimum absolute atomic E-state index is 0.0792. The summed E-state index contributed by atoms with van der Waals surface area (Å²) in [6, 6.07) is 7.59. The number of hydrogen-bond donors (Lipinski definition) is 0. The zero-order valence-corrected chi connectivity index (χ0v) is 11.8. The van der Waals surface area contributed by atoms with E-state index in [0.29, 0.717) is 5.56 Å². The van der Waals surface area contributed by atoms with E-state index in [2.05, 4.69) is 23.5 Å². The molecule has 4 nitrogen and oxygen atoms in total. The van der Waals surface area contributed by atoms with Crippen molar-refractivity contribution in [2.24, 2.45) is 0 Å². The van der Waals surface area contributed by atoms with Crippen molar-refractivity contribution >= 4 is 5.97 Å². The van der Waals surface area contributed by atoms with Crippen LogP contribution in [-0.2, 0) is 16.0 Å². The summed E-state index contributed by atoms with van der Waals surface area (Å²) in [6.07, 6.45) is 0. The van der Waals surface area contributed by atoms with Gasteiger partial charge in [-0.25, -0.2) is 4.79 Å². The molecule has 0 bridgehead atoms. The Labute approximate surface area is 114 Å². The van der Waals surface area contributed by atoms with Crippen LogP contribution in [0.1, 0.15) is 29.8 Å². The van der Waals surface area contributed by atoms with Gasteiger partial charge in [-0.2, -0.15) is 0 Å². The van der Waals surface area contributed by atoms with Gasteiger partial charge in [0.05, 0.1) is 24.9 Å². The highest BCUT2D eigenvalue weighted by Crippen LogP contribution is 2.18. The standard InChI is InChI=1S/C15H21NO3/c1-15(2)11-16(8-9-19-15)10-12-4-6-13(7-5-12)14(17)18-3/h4-7H,8-11H2,1-3H3. The Hall–Kier alpha value is -1.39. The van der Waals surface area contributed by atoms with E-state index in [0.717, 1.165) is 26.2 Å². The van der Waals surface area contributed by atoms with E-state index >= 15 is 0 Å². The molecule has 0 spiro atoms. The third-order valence-electron chi connectivity index (χ3n) is 3.29. The lowest BCUT2D eigenvalue weighted by atomic mass is 10.1. The molecule has 0 radical (unpaired) electrons. The third kappa shape index (κ3) is 3.78. The summed E-state index contributed by atoms with van der Waals surface area (Å²) in [6.45, 7) is 7.74. The maximum Gasteiger partial charge on any atom is 0.337 e. The van der Waals surface area contributed by atoms with Gasteiger partial charge < -0.3 is 9.47 Å². The molecule has 104 valence electrons. The van der Waals surface area contributed by atoms with Gasteiger partial charge in [-0.15, -0.1) is 0 Å². The van der Waals surface area contributed by atoms with Crippen molar-refractivity contribution in [2.45, 2.75) is 26.0 Å². The Balaban J connectivity index is 1.98. The lowest BCUT2D eigenvalue weighted by Crippen LogP contribution is -2.47. The molecule has 19 heavy (non-hydrogen) atoms. The summed E-state index contributed by atoms with van der Waals surface area (Å²) in [5.41, 5.74) is 1.71. The van der Waals surface area contributed by atoms with Gasteiger partial charge in [-0.05, 0) is 31.5 Å². The van der Waals surface area contributed by atoms with Crippen LogP contribution in [-0.4, -0.2) is 43.3 Å². The number of carbonyl (C=O) groups excluding carboxylic acids is 1. The van der Waals surface area contributed by atoms with Gasteiger partial charge in [0.1, 0.15) is 0 Å². The number of rotatable bonds is 3. The molecule has 1 saturated heterocycles. The van der Waals surface area contributed by atoms with Crippen LogP contribution in [0.25, 0.3) is 0 Å². The van der Waals surface area contributed by atoms with E-state index in [-0.39, 0.29) is 11.6 Å². The second-order valence-electron chi connectivity index (χ2n) is 5.51. The minimum atomic E-state index is -0.293. The molecule has 1 fully saturated rings. The number of esters is 1. The summed E-state index contributed by atoms with van der Waals surface area (Å²) in [7, 11) is 1.39. The number of ether oxygens (including phenoxy) is 2. The lowest BCUT2D eigenvalue weighted by Gasteiger charge is -2.38. The molecule has 1 heterocycles. The van der Waals surface area contributed by atoms with Gasteiger partial charge in [0, 0.05) is 19.6 Å². The number of nitrogens with zero attached hydrogens (tertiary/aromatic N) is 1. The van der Waals surface area contributed by atoms with Gasteiger partial charge in [-0.1, -0.05) is 12.1 Å². The van der Waals surface area contributed by atoms with Crippen LogP contribution >= 0.6 is 0 Å². The molecule has 4 heteroatoms. The van der Waals surface area contributed by atoms with Crippen molar-refractivity contribution in [1.82, 2.24) is 4.90 Å². The van der Waals surface area contributed by atoms with Crippen molar-refractivity contribution in [2.75, 3.05) is 26.8 Å². The first-order valence-corrected chi connectivity index (χ1v) is 6.54. The van der Waals surface area contributed by atoms with Gasteiger partial charge in [-0.3, -0.25) is 4.90 Å². The molecule has 0 N–H and O–H groups in total. The van der Waals surface area contributed by atoms with Gasteiger partial charge in [0.15, 0.2) is 0 Å². The Morgan fingerprint density at radius 2 is 2.05 bits per heavy atom. The van der Waals surface area contributed by atoms with E-state index in [9.17, 15) is 4.79 Å². The molecular formula is C15H21NO3. The molecule has 0 aromatic heterocycles. The SMILES string of the molecule is COC(=O)c1ccc(CN2CCOC(C)(C)C2)cc1. The fourth-order valence-corrected chi connectivity index (χ4v) is 2.37. The maximum atomic E-state index is 11.4. The van der Waals surface area contributed by atoms with E-state index < -0.39 is 0 Å². The van der Waals surface area contributed by atoms with Crippen molar-refractivity contribution in [3.05, 3.63) is 35.4 Å². The van der Waals surface area contributed by atoms with Crippen LogP contribution in [0.2, 0.25) is 0 Å². The average molecular weight is 263 g/mol. The van der Waals surface area contributed by atoms with E-state index in [1.165, 1.54) is 12.7 Å². The molecule has 0 saturated carbocycles. The van der Waals surface area contributed by atoms with Crippen LogP contribution < -0.4 is 0 Å². The number of carbonyl (C=O) groups is 1. The topological polar surface area (TPSA) is 38.8 Å². The van der Waals surface area contributed by atoms with Crippen molar-refractivity contribution < 1.29 is 14.3 Å². The van der Waals surface area contributed by atoms with Crippen molar-refractivity contribution in [1.29, 1.82) is 0 Å². The molecule has 0 atom stereocenters. The first-order chi connectivity index (χ1) is 9.00. The van der Waals surface area contributed by atoms with Crippen LogP contribution in [0, 0.1) is 0 Å². The average Bonchev–Trinajstić information content (AvgIpc) is 2.37. The lowest BCUT2D eigenvalue weighted by molar-refractivity contribution is -0.0882. The molecule has 1 aliphatic rings. The Bertz CT molecular complexity index is 439. The molecule has 0 unspecified atom stereocenters. The highest BCUT2D eigenvalue weighted by Gasteiger charge is 2.26. The third-order valence-corrected chi connectivity index (χ3v) is 3.29. The van der Waals surface area contributed by atoms with Gasteiger partial charge >= 0.3 is 5.97 Å². The first kappa shape index (κ1) is 14.0. The normalized spacial score (nSPS) is 19.1. The van der Waals surface area contributed by atoms with Crippen LogP contribution in [0.3, 0.4) is 0 Å². The first-order valence-electron chi connectivity index (χ1n) is 6.54. The zero-order valence-electron chi connectivity index (χ0n) is 11.8. The number of hydrogen-bond acceptors (Lipinski definition) is 4. The summed E-state index contributed by atoms with van der Waals surface area (Å²) in [4.78, 5) is 13.7. The largest absolute Gasteiger partial charge is 0.465 e. The van der Waals surface area contributed by atoms with Gasteiger partial charge in [0.25, 0.3) is 0 Å². The predicted molar refractivity (Wildman–Crippen MR) is 73.1 cm³/mol. The highest BCUT2D eigenvalue weighted by atomic mass is 16.5. The highest BCUT2D eigenvalue weighted by molar-refractivity contribution is 5.89. The molecule has 2 rings (SSSR count). The number of methoxy groups -OCH3 is 1. The summed E-state index contributed by atoms with van der Waals surface area (Å²) >= 11 is 0. The van der Waals surface area contributed by atoms with Crippen LogP contribution in [0.5, 0.6) is 0 Å². The Morgan fingerprint density at radius 1 is 1.37 bits per heavy atom. The number of morpholine rings is 1. The van der Waals surface area contributed by atoms with E-state index in [4.69, 9.17) is 4.74 Å². The van der Waals surface area contributed by atoms with Crippen molar-refractivity contribution in [3.8, 4) is 0 Å². The van der Waals surface area contributed by atoms with E-state index in [1.54, 1.807) is 0 Å². The zero-order chi connectivity index (χ0) is 13.9. The summed E-state index contributed by atoms with van der Waals surface area (Å²) < 4.78 is 10.4.